The van der Waals surface area contributed by atoms with Gasteiger partial charge in [-0.25, -0.2) is 4.98 Å². The van der Waals surface area contributed by atoms with Crippen molar-refractivity contribution >= 4 is 40.6 Å². The summed E-state index contributed by atoms with van der Waals surface area (Å²) < 4.78 is 44.1. The van der Waals surface area contributed by atoms with Crippen LogP contribution >= 0.6 is 23.2 Å². The van der Waals surface area contributed by atoms with Crippen LogP contribution in [0.3, 0.4) is 0 Å². The van der Waals surface area contributed by atoms with Crippen molar-refractivity contribution in [2.75, 3.05) is 35.9 Å². The number of alkyl halides is 4. The molecule has 1 aliphatic heterocycles. The van der Waals surface area contributed by atoms with Crippen molar-refractivity contribution in [2.45, 2.75) is 12.2 Å². The first-order valence-electron chi connectivity index (χ1n) is 6.25. The number of ether oxygens (including phenoxy) is 1. The molecule has 0 radical (unpaired) electrons. The highest BCUT2D eigenvalue weighted by Gasteiger charge is 2.46. The van der Waals surface area contributed by atoms with Crippen LogP contribution in [-0.4, -0.2) is 48.7 Å². The van der Waals surface area contributed by atoms with E-state index >= 15 is 0 Å². The molecule has 1 saturated heterocycles. The van der Waals surface area contributed by atoms with Gasteiger partial charge in [0, 0.05) is 12.6 Å². The van der Waals surface area contributed by atoms with Gasteiger partial charge in [0.25, 0.3) is 0 Å². The lowest BCUT2D eigenvalue weighted by molar-refractivity contribution is -0.167. The Bertz CT molecular complexity index is 557. The Balaban J connectivity index is 2.30. The zero-order valence-corrected chi connectivity index (χ0v) is 12.7. The molecule has 1 amide bonds. The van der Waals surface area contributed by atoms with Crippen molar-refractivity contribution in [2.24, 2.45) is 0 Å². The minimum absolute atomic E-state index is 0.0295. The van der Waals surface area contributed by atoms with Gasteiger partial charge in [-0.2, -0.15) is 13.2 Å². The number of pyridine rings is 1. The van der Waals surface area contributed by atoms with Crippen LogP contribution in [0.4, 0.5) is 24.7 Å². The molecule has 1 N–H and O–H groups in total. The topological polar surface area (TPSA) is 54.5 Å². The van der Waals surface area contributed by atoms with Gasteiger partial charge < -0.3 is 15.0 Å². The summed E-state index contributed by atoms with van der Waals surface area (Å²) in [4.78, 5) is 16.3. The first-order chi connectivity index (χ1) is 10.3. The molecule has 0 saturated carbocycles. The van der Waals surface area contributed by atoms with E-state index in [4.69, 9.17) is 27.9 Å². The number of hydrogen-bond donors (Lipinski definition) is 1. The first kappa shape index (κ1) is 17.1. The average molecular weight is 358 g/mol. The quantitative estimate of drug-likeness (QED) is 0.845. The standard InChI is InChI=1S/C12H12Cl2F3N3O2/c13-4-11(21)19-8-3-10(18-5-7(8)14)20-1-2-22-6-9(20)12(15,16)17/h3,5,9H,1-2,4,6H2,(H,18,19,21). The van der Waals surface area contributed by atoms with Gasteiger partial charge in [-0.1, -0.05) is 11.6 Å². The van der Waals surface area contributed by atoms with Gasteiger partial charge >= 0.3 is 6.18 Å². The molecule has 1 fully saturated rings. The lowest BCUT2D eigenvalue weighted by Crippen LogP contribution is -2.53. The Morgan fingerprint density at radius 2 is 2.27 bits per heavy atom. The molecule has 1 aromatic heterocycles. The summed E-state index contributed by atoms with van der Waals surface area (Å²) in [5.74, 6) is -0.758. The zero-order chi connectivity index (χ0) is 16.3. The van der Waals surface area contributed by atoms with Gasteiger partial charge in [0.15, 0.2) is 0 Å². The maximum atomic E-state index is 13.1. The minimum atomic E-state index is -4.46. The molecule has 1 aliphatic rings. The second-order valence-corrected chi connectivity index (χ2v) is 5.20. The van der Waals surface area contributed by atoms with Crippen LogP contribution in [0.5, 0.6) is 0 Å². The van der Waals surface area contributed by atoms with Gasteiger partial charge in [-0.15, -0.1) is 11.6 Å². The highest BCUT2D eigenvalue weighted by atomic mass is 35.5. The maximum absolute atomic E-state index is 13.1. The highest BCUT2D eigenvalue weighted by Crippen LogP contribution is 2.32. The number of halogens is 5. The number of anilines is 2. The lowest BCUT2D eigenvalue weighted by atomic mass is 10.2. The Morgan fingerprint density at radius 1 is 1.55 bits per heavy atom. The summed E-state index contributed by atoms with van der Waals surface area (Å²) in [5, 5.41) is 2.52. The van der Waals surface area contributed by atoms with E-state index in [2.05, 4.69) is 10.3 Å². The van der Waals surface area contributed by atoms with Gasteiger partial charge in [-0.3, -0.25) is 4.79 Å². The third-order valence-corrected chi connectivity index (χ3v) is 3.58. The molecule has 2 heterocycles. The summed E-state index contributed by atoms with van der Waals surface area (Å²) in [6.07, 6.45) is -3.27. The van der Waals surface area contributed by atoms with E-state index in [1.807, 2.05) is 0 Å². The first-order valence-corrected chi connectivity index (χ1v) is 7.16. The largest absolute Gasteiger partial charge is 0.411 e. The normalized spacial score (nSPS) is 19.1. The third kappa shape index (κ3) is 3.93. The number of nitrogens with zero attached hydrogens (tertiary/aromatic N) is 2. The summed E-state index contributed by atoms with van der Waals surface area (Å²) >= 11 is 11.3. The fraction of sp³-hybridized carbons (Fsp3) is 0.500. The Morgan fingerprint density at radius 3 is 2.91 bits per heavy atom. The van der Waals surface area contributed by atoms with Gasteiger partial charge in [0.05, 0.1) is 30.1 Å². The molecule has 0 bridgehead atoms. The van der Waals surface area contributed by atoms with Gasteiger partial charge in [0.2, 0.25) is 5.91 Å². The molecule has 1 unspecified atom stereocenters. The van der Waals surface area contributed by atoms with Crippen molar-refractivity contribution in [1.29, 1.82) is 0 Å². The van der Waals surface area contributed by atoms with Crippen LogP contribution in [0.25, 0.3) is 0 Å². The Hall–Kier alpha value is -1.25. The third-order valence-electron chi connectivity index (χ3n) is 3.04. The van der Waals surface area contributed by atoms with Crippen LogP contribution in [0.1, 0.15) is 0 Å². The number of carbonyl (C=O) groups is 1. The second kappa shape index (κ2) is 6.89. The summed E-state index contributed by atoms with van der Waals surface area (Å²) in [7, 11) is 0. The van der Waals surface area contributed by atoms with Crippen LogP contribution in [0, 0.1) is 0 Å². The number of aromatic nitrogens is 1. The van der Waals surface area contributed by atoms with Crippen LogP contribution in [0.2, 0.25) is 5.02 Å². The van der Waals surface area contributed by atoms with Crippen LogP contribution in [-0.2, 0) is 9.53 Å². The molecule has 10 heteroatoms. The fourth-order valence-corrected chi connectivity index (χ4v) is 2.23. The van der Waals surface area contributed by atoms with Crippen molar-refractivity contribution < 1.29 is 22.7 Å². The average Bonchev–Trinajstić information content (AvgIpc) is 2.48. The molecule has 22 heavy (non-hydrogen) atoms. The van der Waals surface area contributed by atoms with E-state index in [9.17, 15) is 18.0 Å². The van der Waals surface area contributed by atoms with Crippen molar-refractivity contribution in [3.63, 3.8) is 0 Å². The predicted octanol–water partition coefficient (Wildman–Crippen LogP) is 2.68. The Labute approximate surface area is 134 Å². The molecule has 0 aliphatic carbocycles. The van der Waals surface area contributed by atoms with Crippen molar-refractivity contribution in [1.82, 2.24) is 4.98 Å². The molecule has 0 aromatic carbocycles. The molecule has 122 valence electrons. The molecular formula is C12H12Cl2F3N3O2. The van der Waals surface area contributed by atoms with E-state index < -0.39 is 24.7 Å². The molecule has 5 nitrogen and oxygen atoms in total. The fourth-order valence-electron chi connectivity index (χ4n) is 2.01. The zero-order valence-electron chi connectivity index (χ0n) is 11.2. The predicted molar refractivity (Wildman–Crippen MR) is 76.6 cm³/mol. The number of nitrogens with one attached hydrogen (secondary N) is 1. The van der Waals surface area contributed by atoms with Crippen LogP contribution < -0.4 is 10.2 Å². The maximum Gasteiger partial charge on any atom is 0.411 e. The minimum Gasteiger partial charge on any atom is -0.377 e. The summed E-state index contributed by atoms with van der Waals surface area (Å²) in [6, 6.07) is -0.511. The number of hydrogen-bond acceptors (Lipinski definition) is 4. The van der Waals surface area contributed by atoms with E-state index in [-0.39, 0.29) is 35.6 Å². The summed E-state index contributed by atoms with van der Waals surface area (Å²) in [6.45, 7) is -0.293. The lowest BCUT2D eigenvalue weighted by Gasteiger charge is -2.37. The molecule has 2 rings (SSSR count). The molecule has 0 spiro atoms. The monoisotopic (exact) mass is 357 g/mol. The van der Waals surface area contributed by atoms with Crippen molar-refractivity contribution in [3.05, 3.63) is 17.3 Å². The SMILES string of the molecule is O=C(CCl)Nc1cc(N2CCOCC2C(F)(F)F)ncc1Cl. The number of morpholine rings is 1. The number of amides is 1. The van der Waals surface area contributed by atoms with Crippen molar-refractivity contribution in [3.8, 4) is 0 Å². The highest BCUT2D eigenvalue weighted by molar-refractivity contribution is 6.34. The molecule has 1 aromatic rings. The molecule has 1 atom stereocenters. The Kier molecular flexibility index (Phi) is 5.36. The second-order valence-electron chi connectivity index (χ2n) is 4.53. The number of rotatable bonds is 3. The van der Waals surface area contributed by atoms with E-state index in [1.54, 1.807) is 0 Å². The van der Waals surface area contributed by atoms with E-state index in [0.29, 0.717) is 0 Å². The number of carbonyl (C=O) groups excluding carboxylic acids is 1. The smallest absolute Gasteiger partial charge is 0.377 e. The van der Waals surface area contributed by atoms with Crippen LogP contribution in [0.15, 0.2) is 12.3 Å². The van der Waals surface area contributed by atoms with E-state index in [1.165, 1.54) is 12.3 Å². The van der Waals surface area contributed by atoms with Gasteiger partial charge in [0.1, 0.15) is 17.7 Å². The van der Waals surface area contributed by atoms with Gasteiger partial charge in [-0.05, 0) is 0 Å². The van der Waals surface area contributed by atoms with E-state index in [0.717, 1.165) is 4.90 Å². The summed E-state index contributed by atoms with van der Waals surface area (Å²) in [5.41, 5.74) is 0.157. The molecular weight excluding hydrogens is 346 g/mol.